The molecule has 29 nitrogen and oxygen atoms in total. The highest BCUT2D eigenvalue weighted by Gasteiger charge is 2.24. The number of carbonyl (C=O) groups excluding carboxylic acids is 7. The second-order valence-corrected chi connectivity index (χ2v) is 21.3. The molecule has 12 rings (SSSR count). The average molecular weight is 1250 g/mol. The molecule has 0 radical (unpaired) electrons. The van der Waals surface area contributed by atoms with Gasteiger partial charge in [0, 0.05) is 81.4 Å². The molecule has 0 spiro atoms. The molecule has 8 heterocycles. The van der Waals surface area contributed by atoms with Gasteiger partial charge in [-0.05, 0) is 69.4 Å². The van der Waals surface area contributed by atoms with Gasteiger partial charge in [-0.1, -0.05) is 72.8 Å². The van der Waals surface area contributed by atoms with Crippen molar-refractivity contribution in [1.82, 2.24) is 54.2 Å². The number of nitrogens with one attached hydrogen (secondary N) is 3. The Kier molecular flexibility index (Phi) is 19.0. The second-order valence-electron chi connectivity index (χ2n) is 21.3. The lowest BCUT2D eigenvalue weighted by molar-refractivity contribution is 0.0913. The quantitative estimate of drug-likeness (QED) is 0.0696. The van der Waals surface area contributed by atoms with Gasteiger partial charge in [0.2, 0.25) is 0 Å². The summed E-state index contributed by atoms with van der Waals surface area (Å²) in [5, 5.41) is 15.0. The Labute approximate surface area is 523 Å². The van der Waals surface area contributed by atoms with Crippen molar-refractivity contribution in [2.75, 3.05) is 57.3 Å². The first-order valence-corrected chi connectivity index (χ1v) is 28.5. The Hall–Kier alpha value is -12.1. The molecule has 0 saturated heterocycles. The number of ether oxygens (including phenoxy) is 2. The Morgan fingerprint density at radius 1 is 0.467 bits per heavy atom. The highest BCUT2D eigenvalue weighted by atomic mass is 16.5. The van der Waals surface area contributed by atoms with Crippen molar-refractivity contribution in [3.63, 3.8) is 0 Å². The van der Waals surface area contributed by atoms with Crippen LogP contribution in [-0.2, 0) is 29.1 Å². The van der Waals surface area contributed by atoms with Crippen molar-refractivity contribution in [2.45, 2.75) is 45.6 Å². The molecule has 92 heavy (non-hydrogen) atoms. The molecular weight excluding hydrogens is 1180 g/mol. The van der Waals surface area contributed by atoms with Gasteiger partial charge in [0.05, 0.1) is 58.5 Å². The number of aromatic nitrogens is 8. The number of fused-ring (bicyclic) bond motifs is 12. The normalized spacial score (nSPS) is 11.8. The fourth-order valence-corrected chi connectivity index (χ4v) is 10.8. The molecule has 0 aliphatic heterocycles. The third-order valence-electron chi connectivity index (χ3n) is 14.9. The molecule has 0 fully saturated rings. The van der Waals surface area contributed by atoms with Crippen molar-refractivity contribution < 1.29 is 43.0 Å². The highest BCUT2D eigenvalue weighted by molar-refractivity contribution is 6.16. The van der Waals surface area contributed by atoms with Crippen LogP contribution in [0.15, 0.2) is 121 Å². The minimum atomic E-state index is -0.724. The summed E-state index contributed by atoms with van der Waals surface area (Å²) in [6, 6.07) is 37.0. The van der Waals surface area contributed by atoms with E-state index < -0.39 is 41.7 Å². The first-order chi connectivity index (χ1) is 44.0. The average Bonchev–Trinajstić information content (AvgIpc) is 1.63. The molecule has 474 valence electrons. The highest BCUT2D eigenvalue weighted by Crippen LogP contribution is 2.34. The minimum Gasteiger partial charge on any atom is -0.453 e. The van der Waals surface area contributed by atoms with Gasteiger partial charge in [-0.3, -0.25) is 28.5 Å². The van der Waals surface area contributed by atoms with Crippen LogP contribution in [0.1, 0.15) is 60.1 Å². The number of amides is 6. The predicted molar refractivity (Wildman–Crippen MR) is 354 cm³/mol. The molecule has 0 bridgehead atoms. The van der Waals surface area contributed by atoms with Gasteiger partial charge in [0.25, 0.3) is 29.5 Å². The van der Waals surface area contributed by atoms with Gasteiger partial charge in [-0.2, -0.15) is 0 Å². The number of methoxy groups -OCH3 is 2. The molecule has 21 N–H and O–H groups in total. The van der Waals surface area contributed by atoms with Gasteiger partial charge in [-0.15, -0.1) is 0 Å². The van der Waals surface area contributed by atoms with E-state index in [1.807, 2.05) is 103 Å². The third kappa shape index (κ3) is 12.9. The number of carbonyl (C=O) groups is 7. The number of anilines is 4. The van der Waals surface area contributed by atoms with Crippen molar-refractivity contribution in [1.29, 1.82) is 0 Å². The first-order valence-electron chi connectivity index (χ1n) is 28.5. The van der Waals surface area contributed by atoms with E-state index in [0.717, 1.165) is 73.3 Å². The number of nitrogens with two attached hydrogens (primary N) is 9. The third-order valence-corrected chi connectivity index (χ3v) is 14.9. The van der Waals surface area contributed by atoms with E-state index in [2.05, 4.69) is 49.9 Å². The van der Waals surface area contributed by atoms with E-state index in [0.29, 0.717) is 35.0 Å². The fraction of sp³-hybridized carbons (Fsp3) is 0.190. The molecule has 0 aliphatic rings. The number of nitrogens with zero attached hydrogens (tertiary/aromatic N) is 8. The van der Waals surface area contributed by atoms with Crippen LogP contribution in [-0.4, -0.2) is 126 Å². The summed E-state index contributed by atoms with van der Waals surface area (Å²) in [6.07, 6.45) is -1.23. The lowest BCUT2D eigenvalue weighted by Crippen LogP contribution is -2.35. The molecule has 0 saturated carbocycles. The fourth-order valence-electron chi connectivity index (χ4n) is 10.8. The minimum absolute atomic E-state index is 0.0251. The zero-order valence-corrected chi connectivity index (χ0v) is 50.7. The molecule has 12 aromatic rings. The monoisotopic (exact) mass is 1250 g/mol. The number of likely N-dealkylation sites (N-methyl/N-ethyl adjacent to an activating group) is 1. The molecular formula is C63H68N20O9. The number of hydrogen-bond acceptors (Lipinski definition) is 19. The van der Waals surface area contributed by atoms with Crippen LogP contribution in [0, 0.1) is 0 Å². The Balaban J connectivity index is 0.000000145. The number of alkyl carbamates (subject to hydrolysis) is 2. The van der Waals surface area contributed by atoms with E-state index in [9.17, 15) is 33.6 Å². The van der Waals surface area contributed by atoms with E-state index in [1.54, 1.807) is 42.5 Å². The van der Waals surface area contributed by atoms with Crippen LogP contribution in [0.25, 0.3) is 87.7 Å². The summed E-state index contributed by atoms with van der Waals surface area (Å²) in [5.41, 5.74) is 57.5. The van der Waals surface area contributed by atoms with Crippen LogP contribution >= 0.6 is 0 Å². The zero-order chi connectivity index (χ0) is 66.4. The van der Waals surface area contributed by atoms with Gasteiger partial charge in [0.1, 0.15) is 52.4 Å². The topological polar surface area (TPSA) is 479 Å². The Morgan fingerprint density at radius 3 is 1.18 bits per heavy atom. The van der Waals surface area contributed by atoms with Gasteiger partial charge in [-0.25, -0.2) is 29.5 Å². The lowest BCUT2D eigenvalue weighted by Gasteiger charge is -2.15. The predicted octanol–water partition coefficient (Wildman–Crippen LogP) is 4.79. The van der Waals surface area contributed by atoms with Crippen LogP contribution in [0.5, 0.6) is 0 Å². The number of hydrogen-bond donors (Lipinski definition) is 12. The van der Waals surface area contributed by atoms with Crippen molar-refractivity contribution in [3.05, 3.63) is 144 Å². The largest absolute Gasteiger partial charge is 0.453 e. The summed E-state index contributed by atoms with van der Waals surface area (Å²) in [7, 11) is 4.42. The van der Waals surface area contributed by atoms with E-state index in [4.69, 9.17) is 51.6 Å². The molecule has 2 atom stereocenters. The maximum Gasteiger partial charge on any atom is 0.407 e. The number of rotatable bonds is 14. The number of benzene rings is 4. The SMILES string of the molecule is CC(N)Cn1c2ccccc2c2cc(C(N)=O)c(N)nc21.CNCCn1c2ccccc2c2cc(C(N)=O)c(N)nc21.COC(=O)NC(C)Cn1c2ccccc2c2cc(C(N)=O)c(N)nc21.COC(=O)NCC(=O)n1c2ccccc2c2cc(C(N)=O)c(N)nc21. The summed E-state index contributed by atoms with van der Waals surface area (Å²) in [4.78, 5) is 98.6. The molecule has 4 aromatic carbocycles. The van der Waals surface area contributed by atoms with Crippen LogP contribution in [0.2, 0.25) is 0 Å². The van der Waals surface area contributed by atoms with Crippen molar-refractivity contribution in [3.8, 4) is 0 Å². The number of nitrogen functional groups attached to an aromatic ring is 4. The maximum absolute atomic E-state index is 12.6. The Bertz CT molecular complexity index is 4910. The molecule has 8 aromatic heterocycles. The van der Waals surface area contributed by atoms with Gasteiger partial charge in [0.15, 0.2) is 0 Å². The van der Waals surface area contributed by atoms with Crippen molar-refractivity contribution in [2.24, 2.45) is 28.7 Å². The van der Waals surface area contributed by atoms with Crippen molar-refractivity contribution >= 4 is 153 Å². The smallest absolute Gasteiger partial charge is 0.407 e. The molecule has 2 unspecified atom stereocenters. The zero-order valence-electron chi connectivity index (χ0n) is 50.7. The standard InChI is InChI=1S/C17H19N5O3.C16H15N5O4.2C15H17N5O/c1-9(20-17(24)25-2)8-22-13-6-4-3-5-10(13)11-7-12(15(19)23)14(18)21-16(11)22;1-25-16(24)19-7-12(22)21-11-5-3-2-4-8(11)9-6-10(14(18)23)13(17)20-15(9)21;1-8(16)7-20-12-5-3-2-4-9(12)10-6-11(14(18)21)13(17)19-15(10)20;1-18-6-7-20-12-5-3-2-4-9(12)10-8-11(14(17)21)13(16)19-15(10)20/h3-7,9H,8H2,1-2H3,(H2,18,21)(H2,19,23)(H,20,24);2-6H,7H2,1H3,(H2,17,20)(H2,18,23)(H,19,24);2-6,8H,7,16H2,1H3,(H2,17,19)(H2,18,21);2-5,8,18H,6-7H2,1H3,(H2,16,19)(H2,17,21). The second kappa shape index (κ2) is 27.1. The van der Waals surface area contributed by atoms with Crippen LogP contribution in [0.4, 0.5) is 32.9 Å². The number of primary amides is 4. The molecule has 29 heteroatoms. The van der Waals surface area contributed by atoms with Gasteiger partial charge >= 0.3 is 12.2 Å². The molecule has 0 aliphatic carbocycles. The maximum atomic E-state index is 12.6. The first kappa shape index (κ1) is 64.4. The van der Waals surface area contributed by atoms with E-state index in [-0.39, 0.29) is 69.8 Å². The summed E-state index contributed by atoms with van der Waals surface area (Å²) in [6.45, 7) is 6.16. The number of para-hydroxylation sites is 4. The van der Waals surface area contributed by atoms with Crippen LogP contribution in [0.3, 0.4) is 0 Å². The summed E-state index contributed by atoms with van der Waals surface area (Å²) in [5.74, 6) is -2.58. The van der Waals surface area contributed by atoms with E-state index in [1.165, 1.54) is 24.9 Å². The van der Waals surface area contributed by atoms with Crippen LogP contribution < -0.4 is 67.6 Å². The summed E-state index contributed by atoms with van der Waals surface area (Å²) >= 11 is 0. The summed E-state index contributed by atoms with van der Waals surface area (Å²) < 4.78 is 16.5. The lowest BCUT2D eigenvalue weighted by atomic mass is 10.1. The van der Waals surface area contributed by atoms with Gasteiger partial charge < -0.3 is 90.7 Å². The Morgan fingerprint density at radius 2 is 0.804 bits per heavy atom. The van der Waals surface area contributed by atoms with E-state index >= 15 is 0 Å². The molecule has 6 amide bonds. The number of pyridine rings is 4.